The van der Waals surface area contributed by atoms with Gasteiger partial charge in [-0.3, -0.25) is 10.1 Å². The lowest BCUT2D eigenvalue weighted by atomic mass is 10.1. The van der Waals surface area contributed by atoms with E-state index in [1.54, 1.807) is 30.3 Å². The quantitative estimate of drug-likeness (QED) is 0.621. The lowest BCUT2D eigenvalue weighted by molar-refractivity contribution is -0.115. The van der Waals surface area contributed by atoms with Gasteiger partial charge in [0.05, 0.1) is 0 Å². The van der Waals surface area contributed by atoms with Crippen molar-refractivity contribution in [3.05, 3.63) is 69.6 Å². The summed E-state index contributed by atoms with van der Waals surface area (Å²) in [6.07, 6.45) is 1.53. The van der Waals surface area contributed by atoms with Crippen molar-refractivity contribution in [3.63, 3.8) is 0 Å². The van der Waals surface area contributed by atoms with Crippen LogP contribution < -0.4 is 15.4 Å². The number of carbonyl (C=O) groups is 2. The molecule has 0 atom stereocenters. The van der Waals surface area contributed by atoms with E-state index >= 15 is 0 Å². The zero-order valence-corrected chi connectivity index (χ0v) is 13.9. The number of halogens is 2. The van der Waals surface area contributed by atoms with Crippen LogP contribution >= 0.6 is 15.9 Å². The Balaban J connectivity index is 1.83. The first kappa shape index (κ1) is 16.2. The molecule has 122 valence electrons. The van der Waals surface area contributed by atoms with Gasteiger partial charge in [0.2, 0.25) is 0 Å². The highest BCUT2D eigenvalue weighted by molar-refractivity contribution is 9.10. The molecule has 3 amide bonds. The molecule has 0 spiro atoms. The maximum Gasteiger partial charge on any atom is 0.326 e. The first-order valence-corrected chi connectivity index (χ1v) is 7.81. The Bertz CT molecular complexity index is 834. The van der Waals surface area contributed by atoms with E-state index in [2.05, 4.69) is 26.6 Å². The second-order valence-corrected chi connectivity index (χ2v) is 5.98. The Morgan fingerprint density at radius 2 is 1.83 bits per heavy atom. The Labute approximate surface area is 145 Å². The predicted octanol–water partition coefficient (Wildman–Crippen LogP) is 3.35. The number of benzene rings is 2. The van der Waals surface area contributed by atoms with Crippen LogP contribution in [0.4, 0.5) is 9.18 Å². The number of rotatable bonds is 4. The number of hydrogen-bond donors (Lipinski definition) is 2. The van der Waals surface area contributed by atoms with E-state index in [4.69, 9.17) is 4.74 Å². The molecule has 1 heterocycles. The van der Waals surface area contributed by atoms with Gasteiger partial charge in [-0.2, -0.15) is 0 Å². The summed E-state index contributed by atoms with van der Waals surface area (Å²) in [4.78, 5) is 22.8. The monoisotopic (exact) mass is 390 g/mol. The third kappa shape index (κ3) is 3.80. The summed E-state index contributed by atoms with van der Waals surface area (Å²) in [5.74, 6) is -0.274. The lowest BCUT2D eigenvalue weighted by Gasteiger charge is -2.10. The standard InChI is InChI=1S/C17H12BrFN2O3/c18-12-3-6-15(24-9-10-1-4-13(19)5-2-10)11(7-12)8-14-16(22)21-17(23)20-14/h1-8H,9H2,(H2,20,21,22,23)/b14-8+. The molecule has 0 aromatic heterocycles. The number of nitrogens with one attached hydrogen (secondary N) is 2. The minimum Gasteiger partial charge on any atom is -0.488 e. The van der Waals surface area contributed by atoms with Crippen LogP contribution in [0.5, 0.6) is 5.75 Å². The molecule has 24 heavy (non-hydrogen) atoms. The molecule has 0 unspecified atom stereocenters. The Kier molecular flexibility index (Phi) is 4.61. The molecule has 0 bridgehead atoms. The third-order valence-corrected chi connectivity index (χ3v) is 3.79. The van der Waals surface area contributed by atoms with Crippen molar-refractivity contribution < 1.29 is 18.7 Å². The average Bonchev–Trinajstić information content (AvgIpc) is 2.86. The lowest BCUT2D eigenvalue weighted by Crippen LogP contribution is -2.22. The van der Waals surface area contributed by atoms with Gasteiger partial charge in [0.15, 0.2) is 0 Å². The molecule has 1 aliphatic rings. The highest BCUT2D eigenvalue weighted by Gasteiger charge is 2.23. The smallest absolute Gasteiger partial charge is 0.326 e. The molecule has 7 heteroatoms. The molecule has 2 aromatic carbocycles. The van der Waals surface area contributed by atoms with E-state index in [1.165, 1.54) is 18.2 Å². The summed E-state index contributed by atoms with van der Waals surface area (Å²) in [7, 11) is 0. The highest BCUT2D eigenvalue weighted by Crippen LogP contribution is 2.26. The van der Waals surface area contributed by atoms with Crippen molar-refractivity contribution in [2.24, 2.45) is 0 Å². The number of ether oxygens (including phenoxy) is 1. The van der Waals surface area contributed by atoms with Crippen LogP contribution in [0.1, 0.15) is 11.1 Å². The minimum absolute atomic E-state index is 0.143. The van der Waals surface area contributed by atoms with Crippen LogP contribution in [0.25, 0.3) is 6.08 Å². The molecule has 0 aliphatic carbocycles. The molecular weight excluding hydrogens is 379 g/mol. The first-order chi connectivity index (χ1) is 11.5. The molecule has 1 saturated heterocycles. The van der Waals surface area contributed by atoms with E-state index in [9.17, 15) is 14.0 Å². The SMILES string of the molecule is O=C1NC(=O)/C(=C\c2cc(Br)ccc2OCc2ccc(F)cc2)N1. The summed E-state index contributed by atoms with van der Waals surface area (Å²) in [5, 5.41) is 4.57. The molecule has 0 saturated carbocycles. The summed E-state index contributed by atoms with van der Waals surface area (Å²) >= 11 is 3.36. The first-order valence-electron chi connectivity index (χ1n) is 7.02. The normalized spacial score (nSPS) is 15.3. The summed E-state index contributed by atoms with van der Waals surface area (Å²) in [6.45, 7) is 0.247. The van der Waals surface area contributed by atoms with Gasteiger partial charge in [0.1, 0.15) is 23.9 Å². The Morgan fingerprint density at radius 1 is 1.08 bits per heavy atom. The van der Waals surface area contributed by atoms with Gasteiger partial charge >= 0.3 is 6.03 Å². The van der Waals surface area contributed by atoms with E-state index in [-0.39, 0.29) is 18.1 Å². The van der Waals surface area contributed by atoms with Gasteiger partial charge in [0.25, 0.3) is 5.91 Å². The van der Waals surface area contributed by atoms with Crippen LogP contribution in [-0.4, -0.2) is 11.9 Å². The molecule has 1 aliphatic heterocycles. The molecule has 5 nitrogen and oxygen atoms in total. The van der Waals surface area contributed by atoms with Crippen molar-refractivity contribution in [2.75, 3.05) is 0 Å². The summed E-state index contributed by atoms with van der Waals surface area (Å²) < 4.78 is 19.5. The zero-order valence-electron chi connectivity index (χ0n) is 12.3. The molecule has 0 radical (unpaired) electrons. The van der Waals surface area contributed by atoms with Gasteiger partial charge in [-0.05, 0) is 42.0 Å². The third-order valence-electron chi connectivity index (χ3n) is 3.30. The number of imide groups is 1. The van der Waals surface area contributed by atoms with Crippen molar-refractivity contribution >= 4 is 33.9 Å². The average molecular weight is 391 g/mol. The topological polar surface area (TPSA) is 67.4 Å². The minimum atomic E-state index is -0.560. The van der Waals surface area contributed by atoms with Gasteiger partial charge in [0, 0.05) is 10.0 Å². The maximum absolute atomic E-state index is 12.9. The fourth-order valence-electron chi connectivity index (χ4n) is 2.14. The number of amides is 3. The van der Waals surface area contributed by atoms with Gasteiger partial charge in [-0.25, -0.2) is 9.18 Å². The van der Waals surface area contributed by atoms with E-state index in [0.717, 1.165) is 10.0 Å². The van der Waals surface area contributed by atoms with Crippen LogP contribution in [0, 0.1) is 5.82 Å². The second kappa shape index (κ2) is 6.84. The maximum atomic E-state index is 12.9. The van der Waals surface area contributed by atoms with E-state index < -0.39 is 11.9 Å². The summed E-state index contributed by atoms with van der Waals surface area (Å²) in [6, 6.07) is 10.8. The van der Waals surface area contributed by atoms with Crippen LogP contribution in [0.3, 0.4) is 0 Å². The number of hydrogen-bond acceptors (Lipinski definition) is 3. The Morgan fingerprint density at radius 3 is 2.50 bits per heavy atom. The van der Waals surface area contributed by atoms with Crippen molar-refractivity contribution in [1.29, 1.82) is 0 Å². The van der Waals surface area contributed by atoms with Gasteiger partial charge < -0.3 is 10.1 Å². The van der Waals surface area contributed by atoms with Crippen molar-refractivity contribution in [3.8, 4) is 5.75 Å². The molecular formula is C17H12BrFN2O3. The van der Waals surface area contributed by atoms with Crippen LogP contribution in [-0.2, 0) is 11.4 Å². The van der Waals surface area contributed by atoms with Crippen LogP contribution in [0.2, 0.25) is 0 Å². The Hall–Kier alpha value is -2.67. The molecule has 2 aromatic rings. The largest absolute Gasteiger partial charge is 0.488 e. The zero-order chi connectivity index (χ0) is 17.1. The van der Waals surface area contributed by atoms with Crippen molar-refractivity contribution in [2.45, 2.75) is 6.61 Å². The number of carbonyl (C=O) groups excluding carboxylic acids is 2. The van der Waals surface area contributed by atoms with Gasteiger partial charge in [-0.1, -0.05) is 28.1 Å². The number of urea groups is 1. The fraction of sp³-hybridized carbons (Fsp3) is 0.0588. The fourth-order valence-corrected chi connectivity index (χ4v) is 2.52. The van der Waals surface area contributed by atoms with E-state index in [1.807, 2.05) is 0 Å². The van der Waals surface area contributed by atoms with Crippen LogP contribution in [0.15, 0.2) is 52.6 Å². The summed E-state index contributed by atoms with van der Waals surface area (Å²) in [5.41, 5.74) is 1.58. The highest BCUT2D eigenvalue weighted by atomic mass is 79.9. The predicted molar refractivity (Wildman–Crippen MR) is 89.5 cm³/mol. The van der Waals surface area contributed by atoms with Gasteiger partial charge in [-0.15, -0.1) is 0 Å². The molecule has 1 fully saturated rings. The second-order valence-electron chi connectivity index (χ2n) is 5.06. The van der Waals surface area contributed by atoms with Crippen molar-refractivity contribution in [1.82, 2.24) is 10.6 Å². The van der Waals surface area contributed by atoms with E-state index in [0.29, 0.717) is 11.3 Å². The molecule has 2 N–H and O–H groups in total. The molecule has 3 rings (SSSR count).